The van der Waals surface area contributed by atoms with E-state index in [9.17, 15) is 4.79 Å². The SMILES string of the molecule is CC(C)(C)OC(=O)N1CCc2c(Br)n[nH]c2C1. The first-order valence-electron chi connectivity index (χ1n) is 5.56. The molecule has 6 heteroatoms. The number of nitrogens with one attached hydrogen (secondary N) is 1. The second-order valence-electron chi connectivity index (χ2n) is 5.12. The molecule has 1 aliphatic rings. The van der Waals surface area contributed by atoms with Crippen LogP contribution >= 0.6 is 15.9 Å². The van der Waals surface area contributed by atoms with Gasteiger partial charge in [0.1, 0.15) is 10.2 Å². The molecule has 0 aromatic carbocycles. The molecule has 1 amide bonds. The Bertz CT molecular complexity index is 436. The number of amides is 1. The van der Waals surface area contributed by atoms with Gasteiger partial charge < -0.3 is 9.64 Å². The predicted molar refractivity (Wildman–Crippen MR) is 66.6 cm³/mol. The zero-order valence-corrected chi connectivity index (χ0v) is 11.8. The van der Waals surface area contributed by atoms with Gasteiger partial charge in [0.15, 0.2) is 0 Å². The third kappa shape index (κ3) is 2.80. The van der Waals surface area contributed by atoms with Gasteiger partial charge in [-0.25, -0.2) is 4.79 Å². The summed E-state index contributed by atoms with van der Waals surface area (Å²) < 4.78 is 6.18. The van der Waals surface area contributed by atoms with Gasteiger partial charge in [-0.3, -0.25) is 5.10 Å². The van der Waals surface area contributed by atoms with Crippen LogP contribution in [0, 0.1) is 0 Å². The Balaban J connectivity index is 2.05. The summed E-state index contributed by atoms with van der Waals surface area (Å²) in [4.78, 5) is 13.6. The van der Waals surface area contributed by atoms with E-state index >= 15 is 0 Å². The molecule has 0 unspecified atom stereocenters. The average molecular weight is 302 g/mol. The van der Waals surface area contributed by atoms with Crippen molar-refractivity contribution in [3.8, 4) is 0 Å². The van der Waals surface area contributed by atoms with E-state index < -0.39 is 5.60 Å². The third-order valence-electron chi connectivity index (χ3n) is 2.53. The van der Waals surface area contributed by atoms with Crippen LogP contribution in [0.2, 0.25) is 0 Å². The number of carbonyl (C=O) groups is 1. The number of fused-ring (bicyclic) bond motifs is 1. The molecule has 0 fully saturated rings. The van der Waals surface area contributed by atoms with Crippen molar-refractivity contribution in [2.75, 3.05) is 6.54 Å². The van der Waals surface area contributed by atoms with E-state index in [2.05, 4.69) is 26.1 Å². The molecule has 94 valence electrons. The lowest BCUT2D eigenvalue weighted by molar-refractivity contribution is 0.0221. The summed E-state index contributed by atoms with van der Waals surface area (Å²) in [6, 6.07) is 0. The minimum Gasteiger partial charge on any atom is -0.444 e. The number of rotatable bonds is 0. The lowest BCUT2D eigenvalue weighted by Crippen LogP contribution is -2.39. The predicted octanol–water partition coefficient (Wildman–Crippen LogP) is 2.47. The molecule has 0 aliphatic carbocycles. The van der Waals surface area contributed by atoms with E-state index in [0.29, 0.717) is 13.1 Å². The summed E-state index contributed by atoms with van der Waals surface area (Å²) >= 11 is 3.38. The largest absolute Gasteiger partial charge is 0.444 e. The standard InChI is InChI=1S/C11H16BrN3O2/c1-11(2,3)17-10(16)15-5-4-7-8(6-15)13-14-9(7)12/h4-6H2,1-3H3,(H,13,14). The fourth-order valence-electron chi connectivity index (χ4n) is 1.76. The fourth-order valence-corrected chi connectivity index (χ4v) is 2.29. The molecule has 5 nitrogen and oxygen atoms in total. The van der Waals surface area contributed by atoms with Crippen molar-refractivity contribution in [1.29, 1.82) is 0 Å². The van der Waals surface area contributed by atoms with Crippen LogP contribution in [0.15, 0.2) is 4.60 Å². The molecule has 1 aromatic heterocycles. The molecule has 0 saturated carbocycles. The minimum absolute atomic E-state index is 0.270. The van der Waals surface area contributed by atoms with Crippen molar-refractivity contribution in [3.05, 3.63) is 15.9 Å². The zero-order valence-electron chi connectivity index (χ0n) is 10.2. The van der Waals surface area contributed by atoms with Gasteiger partial charge in [0.2, 0.25) is 0 Å². The van der Waals surface area contributed by atoms with Crippen LogP contribution in [0.5, 0.6) is 0 Å². The van der Waals surface area contributed by atoms with Crippen LogP contribution < -0.4 is 0 Å². The number of ether oxygens (including phenoxy) is 1. The van der Waals surface area contributed by atoms with Gasteiger partial charge in [-0.2, -0.15) is 5.10 Å². The Kier molecular flexibility index (Phi) is 3.16. The fraction of sp³-hybridized carbons (Fsp3) is 0.636. The molecule has 0 spiro atoms. The smallest absolute Gasteiger partial charge is 0.410 e. The first-order valence-corrected chi connectivity index (χ1v) is 6.35. The average Bonchev–Trinajstić information content (AvgIpc) is 2.57. The lowest BCUT2D eigenvalue weighted by atomic mass is 10.1. The molecular formula is C11H16BrN3O2. The summed E-state index contributed by atoms with van der Waals surface area (Å²) in [5, 5.41) is 7.01. The first kappa shape index (κ1) is 12.4. The Morgan fingerprint density at radius 3 is 2.88 bits per heavy atom. The molecule has 1 N–H and O–H groups in total. The van der Waals surface area contributed by atoms with Crippen LogP contribution in [0.4, 0.5) is 4.79 Å². The van der Waals surface area contributed by atoms with E-state index in [1.807, 2.05) is 20.8 Å². The maximum Gasteiger partial charge on any atom is 0.410 e. The molecule has 1 aliphatic heterocycles. The van der Waals surface area contributed by atoms with Crippen molar-refractivity contribution < 1.29 is 9.53 Å². The third-order valence-corrected chi connectivity index (χ3v) is 3.19. The highest BCUT2D eigenvalue weighted by Gasteiger charge is 2.27. The Morgan fingerprint density at radius 2 is 2.24 bits per heavy atom. The quantitative estimate of drug-likeness (QED) is 0.801. The van der Waals surface area contributed by atoms with Crippen molar-refractivity contribution in [2.24, 2.45) is 0 Å². The van der Waals surface area contributed by atoms with Gasteiger partial charge in [0.25, 0.3) is 0 Å². The van der Waals surface area contributed by atoms with E-state index in [0.717, 1.165) is 22.3 Å². The second kappa shape index (κ2) is 4.33. The monoisotopic (exact) mass is 301 g/mol. The van der Waals surface area contributed by atoms with Gasteiger partial charge in [-0.1, -0.05) is 0 Å². The number of hydrogen-bond donors (Lipinski definition) is 1. The topological polar surface area (TPSA) is 58.2 Å². The van der Waals surface area contributed by atoms with Crippen LogP contribution in [0.1, 0.15) is 32.0 Å². The lowest BCUT2D eigenvalue weighted by Gasteiger charge is -2.29. The number of nitrogens with zero attached hydrogens (tertiary/aromatic N) is 2. The number of H-pyrrole nitrogens is 1. The Morgan fingerprint density at radius 1 is 1.53 bits per heavy atom. The van der Waals surface area contributed by atoms with Crippen LogP contribution in [0.25, 0.3) is 0 Å². The molecule has 1 aromatic rings. The van der Waals surface area contributed by atoms with Crippen molar-refractivity contribution in [1.82, 2.24) is 15.1 Å². The summed E-state index contributed by atoms with van der Waals surface area (Å²) in [7, 11) is 0. The van der Waals surface area contributed by atoms with E-state index in [-0.39, 0.29) is 6.09 Å². The molecule has 17 heavy (non-hydrogen) atoms. The number of hydrogen-bond acceptors (Lipinski definition) is 3. The van der Waals surface area contributed by atoms with Gasteiger partial charge in [-0.05, 0) is 43.1 Å². The van der Waals surface area contributed by atoms with Crippen molar-refractivity contribution in [2.45, 2.75) is 39.3 Å². The van der Waals surface area contributed by atoms with Crippen molar-refractivity contribution in [3.63, 3.8) is 0 Å². The van der Waals surface area contributed by atoms with E-state index in [1.165, 1.54) is 0 Å². The number of aromatic nitrogens is 2. The van der Waals surface area contributed by atoms with Gasteiger partial charge >= 0.3 is 6.09 Å². The Hall–Kier alpha value is -1.04. The number of aromatic amines is 1. The highest BCUT2D eigenvalue weighted by atomic mass is 79.9. The molecular weight excluding hydrogens is 286 g/mol. The van der Waals surface area contributed by atoms with Crippen LogP contribution in [-0.4, -0.2) is 33.3 Å². The molecule has 2 rings (SSSR count). The summed E-state index contributed by atoms with van der Waals surface area (Å²) in [5.74, 6) is 0. The normalized spacial score (nSPS) is 15.6. The van der Waals surface area contributed by atoms with E-state index in [1.54, 1.807) is 4.90 Å². The van der Waals surface area contributed by atoms with E-state index in [4.69, 9.17) is 4.74 Å². The van der Waals surface area contributed by atoms with Gasteiger partial charge in [0.05, 0.1) is 12.2 Å². The maximum absolute atomic E-state index is 11.9. The first-order chi connectivity index (χ1) is 7.87. The number of carbonyl (C=O) groups excluding carboxylic acids is 1. The minimum atomic E-state index is -0.452. The van der Waals surface area contributed by atoms with Gasteiger partial charge in [-0.15, -0.1) is 0 Å². The Labute approximate surface area is 109 Å². The molecule has 0 saturated heterocycles. The van der Waals surface area contributed by atoms with Crippen LogP contribution in [0.3, 0.4) is 0 Å². The molecule has 0 atom stereocenters. The summed E-state index contributed by atoms with van der Waals surface area (Å²) in [6.07, 6.45) is 0.528. The number of halogens is 1. The van der Waals surface area contributed by atoms with Gasteiger partial charge in [0, 0.05) is 12.1 Å². The van der Waals surface area contributed by atoms with Crippen LogP contribution in [-0.2, 0) is 17.7 Å². The highest BCUT2D eigenvalue weighted by Crippen LogP contribution is 2.24. The summed E-state index contributed by atoms with van der Waals surface area (Å²) in [6.45, 7) is 6.80. The molecule has 0 radical (unpaired) electrons. The van der Waals surface area contributed by atoms with Crippen molar-refractivity contribution >= 4 is 22.0 Å². The highest BCUT2D eigenvalue weighted by molar-refractivity contribution is 9.10. The molecule has 2 heterocycles. The zero-order chi connectivity index (χ0) is 12.6. The maximum atomic E-state index is 11.9. The second-order valence-corrected chi connectivity index (χ2v) is 5.87. The molecule has 0 bridgehead atoms. The summed E-state index contributed by atoms with van der Waals surface area (Å²) in [5.41, 5.74) is 1.69.